The highest BCUT2D eigenvalue weighted by molar-refractivity contribution is 5.79. The molecule has 0 aromatic rings. The minimum atomic E-state index is -0.703. The monoisotopic (exact) mass is 270 g/mol. The van der Waals surface area contributed by atoms with Crippen molar-refractivity contribution < 1.29 is 9.90 Å². The average Bonchev–Trinajstić information content (AvgIpc) is 2.73. The van der Waals surface area contributed by atoms with Crippen LogP contribution in [0.3, 0.4) is 0 Å². The third-order valence-corrected chi connectivity index (χ3v) is 4.50. The first-order valence-corrected chi connectivity index (χ1v) is 7.52. The van der Waals surface area contributed by atoms with E-state index in [-0.39, 0.29) is 0 Å². The molecule has 1 aliphatic carbocycles. The van der Waals surface area contributed by atoms with Crippen LogP contribution in [0, 0.1) is 5.92 Å². The van der Waals surface area contributed by atoms with E-state index in [1.165, 1.54) is 0 Å². The molecular weight excluding hydrogens is 240 g/mol. The van der Waals surface area contributed by atoms with Gasteiger partial charge in [-0.3, -0.25) is 4.79 Å². The predicted molar refractivity (Wildman–Crippen MR) is 78.4 cm³/mol. The summed E-state index contributed by atoms with van der Waals surface area (Å²) < 4.78 is 0. The molecule has 1 aliphatic rings. The minimum absolute atomic E-state index is 0.379. The van der Waals surface area contributed by atoms with Crippen LogP contribution in [0.1, 0.15) is 53.4 Å². The molecular formula is C15H30N2O2. The fourth-order valence-electron chi connectivity index (χ4n) is 3.34. The Kier molecular flexibility index (Phi) is 5.81. The molecule has 112 valence electrons. The molecule has 0 aromatic carbocycles. The summed E-state index contributed by atoms with van der Waals surface area (Å²) in [7, 11) is 2.14. The van der Waals surface area contributed by atoms with Gasteiger partial charge in [0.1, 0.15) is 5.54 Å². The van der Waals surface area contributed by atoms with E-state index in [0.717, 1.165) is 25.7 Å². The van der Waals surface area contributed by atoms with Gasteiger partial charge in [-0.05, 0) is 52.1 Å². The predicted octanol–water partition coefficient (Wildman–Crippen LogP) is 2.34. The summed E-state index contributed by atoms with van der Waals surface area (Å²) in [6, 6.07) is 0.889. The molecule has 1 saturated carbocycles. The van der Waals surface area contributed by atoms with Crippen LogP contribution in [0.25, 0.3) is 0 Å². The average molecular weight is 270 g/mol. The smallest absolute Gasteiger partial charge is 0.323 e. The third kappa shape index (κ3) is 3.93. The van der Waals surface area contributed by atoms with Crippen LogP contribution in [-0.4, -0.2) is 47.2 Å². The fraction of sp³-hybridized carbons (Fsp3) is 0.933. The number of aliphatic carboxylic acids is 1. The number of likely N-dealkylation sites (N-methyl/N-ethyl adjacent to an activating group) is 1. The first-order chi connectivity index (χ1) is 8.82. The number of carboxylic acid groups (broad SMARTS) is 1. The molecule has 3 atom stereocenters. The van der Waals surface area contributed by atoms with Gasteiger partial charge in [0.15, 0.2) is 0 Å². The lowest BCUT2D eigenvalue weighted by Crippen LogP contribution is -2.51. The maximum absolute atomic E-state index is 11.5. The van der Waals surface area contributed by atoms with Gasteiger partial charge in [-0.1, -0.05) is 20.8 Å². The van der Waals surface area contributed by atoms with Crippen LogP contribution >= 0.6 is 0 Å². The zero-order valence-electron chi connectivity index (χ0n) is 13.1. The Bertz CT molecular complexity index is 307. The van der Waals surface area contributed by atoms with E-state index in [0.29, 0.717) is 24.5 Å². The van der Waals surface area contributed by atoms with Crippen LogP contribution in [0.4, 0.5) is 0 Å². The Morgan fingerprint density at radius 1 is 1.47 bits per heavy atom. The number of hydrogen-bond acceptors (Lipinski definition) is 3. The summed E-state index contributed by atoms with van der Waals surface area (Å²) in [6.07, 6.45) is 3.58. The van der Waals surface area contributed by atoms with E-state index in [2.05, 4.69) is 38.0 Å². The van der Waals surface area contributed by atoms with Crippen molar-refractivity contribution in [3.63, 3.8) is 0 Å². The summed E-state index contributed by atoms with van der Waals surface area (Å²) in [5.41, 5.74) is -0.703. The van der Waals surface area contributed by atoms with Crippen LogP contribution < -0.4 is 5.32 Å². The largest absolute Gasteiger partial charge is 0.480 e. The van der Waals surface area contributed by atoms with Crippen molar-refractivity contribution in [3.05, 3.63) is 0 Å². The molecule has 0 spiro atoms. The van der Waals surface area contributed by atoms with Gasteiger partial charge in [0.2, 0.25) is 0 Å². The first kappa shape index (κ1) is 16.4. The van der Waals surface area contributed by atoms with Gasteiger partial charge in [-0.2, -0.15) is 0 Å². The SMILES string of the molecule is CCNC1(C(=O)O)CCC(N(C)C(C)CC(C)C)C1. The second kappa shape index (κ2) is 6.71. The molecule has 0 aromatic heterocycles. The Labute approximate surface area is 117 Å². The second-order valence-corrected chi connectivity index (χ2v) is 6.46. The van der Waals surface area contributed by atoms with Gasteiger partial charge in [0, 0.05) is 12.1 Å². The van der Waals surface area contributed by atoms with Crippen LogP contribution in [-0.2, 0) is 4.79 Å². The van der Waals surface area contributed by atoms with Crippen molar-refractivity contribution in [3.8, 4) is 0 Å². The maximum atomic E-state index is 11.5. The molecule has 0 radical (unpaired) electrons. The highest BCUT2D eigenvalue weighted by Crippen LogP contribution is 2.34. The normalized spacial score (nSPS) is 29.1. The fourth-order valence-corrected chi connectivity index (χ4v) is 3.34. The molecule has 0 amide bonds. The van der Waals surface area contributed by atoms with E-state index in [4.69, 9.17) is 0 Å². The maximum Gasteiger partial charge on any atom is 0.323 e. The van der Waals surface area contributed by atoms with Crippen molar-refractivity contribution in [1.82, 2.24) is 10.2 Å². The Balaban J connectivity index is 2.65. The van der Waals surface area contributed by atoms with Crippen molar-refractivity contribution in [1.29, 1.82) is 0 Å². The number of carboxylic acids is 1. The van der Waals surface area contributed by atoms with Gasteiger partial charge in [-0.15, -0.1) is 0 Å². The molecule has 2 N–H and O–H groups in total. The van der Waals surface area contributed by atoms with E-state index >= 15 is 0 Å². The van der Waals surface area contributed by atoms with Gasteiger partial charge in [0.05, 0.1) is 0 Å². The number of hydrogen-bond donors (Lipinski definition) is 2. The molecule has 0 saturated heterocycles. The van der Waals surface area contributed by atoms with Crippen LogP contribution in [0.15, 0.2) is 0 Å². The molecule has 0 heterocycles. The van der Waals surface area contributed by atoms with Crippen LogP contribution in [0.5, 0.6) is 0 Å². The van der Waals surface area contributed by atoms with E-state index in [1.54, 1.807) is 0 Å². The summed E-state index contributed by atoms with van der Waals surface area (Å²) in [5, 5.41) is 12.7. The van der Waals surface area contributed by atoms with Crippen molar-refractivity contribution in [2.24, 2.45) is 5.92 Å². The highest BCUT2D eigenvalue weighted by Gasteiger charge is 2.46. The van der Waals surface area contributed by atoms with Gasteiger partial charge in [0.25, 0.3) is 0 Å². The van der Waals surface area contributed by atoms with Crippen molar-refractivity contribution in [2.45, 2.75) is 71.0 Å². The van der Waals surface area contributed by atoms with Gasteiger partial charge in [-0.25, -0.2) is 0 Å². The Morgan fingerprint density at radius 3 is 2.58 bits per heavy atom. The number of nitrogens with one attached hydrogen (secondary N) is 1. The van der Waals surface area contributed by atoms with E-state index in [1.807, 2.05) is 6.92 Å². The zero-order chi connectivity index (χ0) is 14.6. The van der Waals surface area contributed by atoms with Gasteiger partial charge < -0.3 is 15.3 Å². The second-order valence-electron chi connectivity index (χ2n) is 6.46. The minimum Gasteiger partial charge on any atom is -0.480 e. The lowest BCUT2D eigenvalue weighted by molar-refractivity contribution is -0.144. The summed E-state index contributed by atoms with van der Waals surface area (Å²) in [4.78, 5) is 13.9. The quantitative estimate of drug-likeness (QED) is 0.745. The van der Waals surface area contributed by atoms with Gasteiger partial charge >= 0.3 is 5.97 Å². The lowest BCUT2D eigenvalue weighted by Gasteiger charge is -2.33. The molecule has 19 heavy (non-hydrogen) atoms. The summed E-state index contributed by atoms with van der Waals surface area (Å²) >= 11 is 0. The standard InChI is InChI=1S/C15H30N2O2/c1-6-16-15(14(18)19)8-7-13(10-15)17(5)12(4)9-11(2)3/h11-13,16H,6-10H2,1-5H3,(H,18,19). The van der Waals surface area contributed by atoms with E-state index in [9.17, 15) is 9.90 Å². The lowest BCUT2D eigenvalue weighted by atomic mass is 9.96. The van der Waals surface area contributed by atoms with Crippen molar-refractivity contribution >= 4 is 5.97 Å². The molecule has 4 heteroatoms. The van der Waals surface area contributed by atoms with Crippen LogP contribution in [0.2, 0.25) is 0 Å². The zero-order valence-corrected chi connectivity index (χ0v) is 13.1. The third-order valence-electron chi connectivity index (χ3n) is 4.50. The highest BCUT2D eigenvalue weighted by atomic mass is 16.4. The molecule has 4 nitrogen and oxygen atoms in total. The topological polar surface area (TPSA) is 52.6 Å². The molecule has 1 rings (SSSR count). The molecule has 0 aliphatic heterocycles. The molecule has 3 unspecified atom stereocenters. The summed E-state index contributed by atoms with van der Waals surface area (Å²) in [6.45, 7) is 9.40. The first-order valence-electron chi connectivity index (χ1n) is 7.52. The molecule has 1 fully saturated rings. The number of carbonyl (C=O) groups is 1. The Hall–Kier alpha value is -0.610. The Morgan fingerprint density at radius 2 is 2.11 bits per heavy atom. The number of rotatable bonds is 7. The number of nitrogens with zero attached hydrogens (tertiary/aromatic N) is 1. The van der Waals surface area contributed by atoms with Crippen molar-refractivity contribution in [2.75, 3.05) is 13.6 Å². The summed E-state index contributed by atoms with van der Waals surface area (Å²) in [5.74, 6) is -0.0152. The van der Waals surface area contributed by atoms with E-state index < -0.39 is 11.5 Å². The molecule has 0 bridgehead atoms.